The van der Waals surface area contributed by atoms with Crippen LogP contribution in [0.15, 0.2) is 22.7 Å². The molecule has 0 bridgehead atoms. The molecule has 5 nitrogen and oxygen atoms in total. The van der Waals surface area contributed by atoms with Crippen LogP contribution in [0.1, 0.15) is 12.0 Å². The molecular weight excluding hydrogens is 314 g/mol. The van der Waals surface area contributed by atoms with E-state index in [2.05, 4.69) is 21.2 Å². The minimum absolute atomic E-state index is 0.195. The van der Waals surface area contributed by atoms with Crippen LogP contribution in [0.4, 0.5) is 0 Å². The SMILES string of the molecule is COc1ccc(CNC(=O)C2CC2C(=O)O)cc1Br. The third-order valence-electron chi connectivity index (χ3n) is 3.13. The molecule has 1 aromatic rings. The van der Waals surface area contributed by atoms with E-state index in [1.165, 1.54) is 0 Å². The van der Waals surface area contributed by atoms with Gasteiger partial charge >= 0.3 is 5.97 Å². The predicted molar refractivity (Wildman–Crippen MR) is 71.8 cm³/mol. The summed E-state index contributed by atoms with van der Waals surface area (Å²) in [4.78, 5) is 22.4. The van der Waals surface area contributed by atoms with Gasteiger partial charge in [-0.1, -0.05) is 6.07 Å². The third kappa shape index (κ3) is 3.26. The van der Waals surface area contributed by atoms with E-state index < -0.39 is 11.9 Å². The summed E-state index contributed by atoms with van der Waals surface area (Å²) in [6, 6.07) is 5.52. The monoisotopic (exact) mass is 327 g/mol. The molecule has 1 amide bonds. The number of carboxylic acids is 1. The number of carboxylic acid groups (broad SMARTS) is 1. The van der Waals surface area contributed by atoms with E-state index in [0.717, 1.165) is 15.8 Å². The summed E-state index contributed by atoms with van der Waals surface area (Å²) in [5.41, 5.74) is 0.925. The molecule has 0 saturated heterocycles. The number of hydrogen-bond acceptors (Lipinski definition) is 3. The average molecular weight is 328 g/mol. The van der Waals surface area contributed by atoms with Crippen molar-refractivity contribution < 1.29 is 19.4 Å². The van der Waals surface area contributed by atoms with Crippen molar-refractivity contribution >= 4 is 27.8 Å². The Bertz CT molecular complexity index is 517. The fraction of sp³-hybridized carbons (Fsp3) is 0.385. The zero-order valence-electron chi connectivity index (χ0n) is 10.4. The first-order valence-corrected chi connectivity index (χ1v) is 6.65. The Morgan fingerprint density at radius 1 is 1.47 bits per heavy atom. The average Bonchev–Trinajstić information content (AvgIpc) is 3.16. The van der Waals surface area contributed by atoms with E-state index in [1.807, 2.05) is 18.2 Å². The number of rotatable bonds is 5. The molecule has 0 aromatic heterocycles. The lowest BCUT2D eigenvalue weighted by Crippen LogP contribution is -2.25. The maximum absolute atomic E-state index is 11.7. The zero-order chi connectivity index (χ0) is 14.0. The molecule has 0 spiro atoms. The van der Waals surface area contributed by atoms with Crippen molar-refractivity contribution in [3.05, 3.63) is 28.2 Å². The Balaban J connectivity index is 1.87. The number of carbonyl (C=O) groups is 2. The van der Waals surface area contributed by atoms with Gasteiger partial charge < -0.3 is 15.2 Å². The molecule has 102 valence electrons. The van der Waals surface area contributed by atoms with Gasteiger partial charge in [-0.2, -0.15) is 0 Å². The summed E-state index contributed by atoms with van der Waals surface area (Å²) in [5, 5.41) is 11.5. The van der Waals surface area contributed by atoms with Crippen LogP contribution in [-0.4, -0.2) is 24.1 Å². The van der Waals surface area contributed by atoms with Crippen molar-refractivity contribution in [1.29, 1.82) is 0 Å². The maximum Gasteiger partial charge on any atom is 0.307 e. The van der Waals surface area contributed by atoms with E-state index >= 15 is 0 Å². The van der Waals surface area contributed by atoms with Crippen molar-refractivity contribution in [2.24, 2.45) is 11.8 Å². The van der Waals surface area contributed by atoms with E-state index in [1.54, 1.807) is 7.11 Å². The van der Waals surface area contributed by atoms with E-state index in [4.69, 9.17) is 9.84 Å². The van der Waals surface area contributed by atoms with Crippen LogP contribution in [0, 0.1) is 11.8 Å². The van der Waals surface area contributed by atoms with Crippen LogP contribution in [0.25, 0.3) is 0 Å². The van der Waals surface area contributed by atoms with Crippen LogP contribution >= 0.6 is 15.9 Å². The standard InChI is InChI=1S/C13H14BrNO4/c1-19-11-3-2-7(4-10(11)14)6-15-12(16)8-5-9(8)13(17)18/h2-4,8-9H,5-6H2,1H3,(H,15,16)(H,17,18). The van der Waals surface area contributed by atoms with Gasteiger partial charge in [-0.3, -0.25) is 9.59 Å². The second kappa shape index (κ2) is 5.61. The van der Waals surface area contributed by atoms with E-state index in [0.29, 0.717) is 13.0 Å². The number of amides is 1. The first-order valence-electron chi connectivity index (χ1n) is 5.86. The molecule has 2 rings (SSSR count). The van der Waals surface area contributed by atoms with E-state index in [-0.39, 0.29) is 11.8 Å². The first-order chi connectivity index (χ1) is 9.02. The molecule has 0 radical (unpaired) electrons. The second-order valence-corrected chi connectivity index (χ2v) is 5.33. The highest BCUT2D eigenvalue weighted by Crippen LogP contribution is 2.38. The number of carbonyl (C=O) groups excluding carboxylic acids is 1. The van der Waals surface area contributed by atoms with Gasteiger partial charge in [0, 0.05) is 6.54 Å². The van der Waals surface area contributed by atoms with Gasteiger partial charge in [0.25, 0.3) is 0 Å². The summed E-state index contributed by atoms with van der Waals surface area (Å²) in [7, 11) is 1.58. The minimum Gasteiger partial charge on any atom is -0.496 e. The number of aliphatic carboxylic acids is 1. The number of ether oxygens (including phenoxy) is 1. The highest BCUT2D eigenvalue weighted by molar-refractivity contribution is 9.10. The quantitative estimate of drug-likeness (QED) is 0.864. The van der Waals surface area contributed by atoms with Gasteiger partial charge in [-0.25, -0.2) is 0 Å². The largest absolute Gasteiger partial charge is 0.496 e. The highest BCUT2D eigenvalue weighted by Gasteiger charge is 2.48. The van der Waals surface area contributed by atoms with Crippen LogP contribution in [0.5, 0.6) is 5.75 Å². The summed E-state index contributed by atoms with van der Waals surface area (Å²) in [6.07, 6.45) is 0.438. The summed E-state index contributed by atoms with van der Waals surface area (Å²) < 4.78 is 5.93. The Kier molecular flexibility index (Phi) is 4.09. The molecule has 1 aliphatic rings. The lowest BCUT2D eigenvalue weighted by Gasteiger charge is -2.07. The van der Waals surface area contributed by atoms with Gasteiger partial charge in [0.15, 0.2) is 0 Å². The summed E-state index contributed by atoms with van der Waals surface area (Å²) in [6.45, 7) is 0.379. The van der Waals surface area contributed by atoms with Gasteiger partial charge in [0.05, 0.1) is 23.4 Å². The van der Waals surface area contributed by atoms with Crippen LogP contribution in [-0.2, 0) is 16.1 Å². The van der Waals surface area contributed by atoms with Crippen molar-refractivity contribution in [2.45, 2.75) is 13.0 Å². The number of halogens is 1. The van der Waals surface area contributed by atoms with Gasteiger partial charge in [-0.05, 0) is 40.0 Å². The fourth-order valence-corrected chi connectivity index (χ4v) is 2.49. The molecule has 2 N–H and O–H groups in total. The Hall–Kier alpha value is -1.56. The Morgan fingerprint density at radius 3 is 2.74 bits per heavy atom. The van der Waals surface area contributed by atoms with Crippen molar-refractivity contribution in [3.8, 4) is 5.75 Å². The molecule has 1 fully saturated rings. The molecule has 0 heterocycles. The molecule has 2 atom stereocenters. The van der Waals surface area contributed by atoms with Crippen molar-refractivity contribution in [1.82, 2.24) is 5.32 Å². The first kappa shape index (κ1) is 13.9. The molecule has 0 aliphatic heterocycles. The Morgan fingerprint density at radius 2 is 2.21 bits per heavy atom. The highest BCUT2D eigenvalue weighted by atomic mass is 79.9. The maximum atomic E-state index is 11.7. The lowest BCUT2D eigenvalue weighted by atomic mass is 10.2. The molecule has 1 saturated carbocycles. The summed E-state index contributed by atoms with van der Waals surface area (Å²) in [5.74, 6) is -1.25. The Labute approximate surface area is 119 Å². The fourth-order valence-electron chi connectivity index (χ4n) is 1.90. The predicted octanol–water partition coefficient (Wildman–Crippen LogP) is 1.79. The van der Waals surface area contributed by atoms with Crippen LogP contribution in [0.3, 0.4) is 0 Å². The molecule has 1 aromatic carbocycles. The molecule has 19 heavy (non-hydrogen) atoms. The second-order valence-electron chi connectivity index (χ2n) is 4.47. The number of nitrogens with one attached hydrogen (secondary N) is 1. The van der Waals surface area contributed by atoms with Crippen molar-refractivity contribution in [2.75, 3.05) is 7.11 Å². The zero-order valence-corrected chi connectivity index (χ0v) is 11.9. The van der Waals surface area contributed by atoms with Gasteiger partial charge in [0.1, 0.15) is 5.75 Å². The smallest absolute Gasteiger partial charge is 0.307 e. The number of benzene rings is 1. The third-order valence-corrected chi connectivity index (χ3v) is 3.75. The summed E-state index contributed by atoms with van der Waals surface area (Å²) >= 11 is 3.37. The molecule has 2 unspecified atom stereocenters. The van der Waals surface area contributed by atoms with Crippen molar-refractivity contribution in [3.63, 3.8) is 0 Å². The van der Waals surface area contributed by atoms with Gasteiger partial charge in [0.2, 0.25) is 5.91 Å². The van der Waals surface area contributed by atoms with Crippen LogP contribution in [0.2, 0.25) is 0 Å². The minimum atomic E-state index is -0.896. The number of hydrogen-bond donors (Lipinski definition) is 2. The number of methoxy groups -OCH3 is 1. The molecule has 1 aliphatic carbocycles. The van der Waals surface area contributed by atoms with Gasteiger partial charge in [-0.15, -0.1) is 0 Å². The molecular formula is C13H14BrNO4. The lowest BCUT2D eigenvalue weighted by molar-refractivity contribution is -0.140. The van der Waals surface area contributed by atoms with Crippen LogP contribution < -0.4 is 10.1 Å². The van der Waals surface area contributed by atoms with E-state index in [9.17, 15) is 9.59 Å². The topological polar surface area (TPSA) is 75.6 Å². The normalized spacial score (nSPS) is 20.7. The molecule has 6 heteroatoms.